The number of benzene rings is 3. The first-order valence-corrected chi connectivity index (χ1v) is 12.7. The molecule has 0 saturated carbocycles. The molecule has 3 aromatic carbocycles. The Morgan fingerprint density at radius 2 is 1.57 bits per heavy atom. The summed E-state index contributed by atoms with van der Waals surface area (Å²) in [4.78, 5) is 25.5. The van der Waals surface area contributed by atoms with Crippen molar-refractivity contribution >= 4 is 39.1 Å². The zero-order valence-corrected chi connectivity index (χ0v) is 20.7. The number of carbonyl (C=O) groups is 2. The minimum Gasteiger partial charge on any atom is -0.322 e. The SMILES string of the molecule is Cc1ccc(NC(=O)c2ccc(N3CCCN(C)S3(=O)=O)cc2C)cc1NC(=O)c1ccccc1. The number of aryl methyl sites for hydroxylation is 2. The molecule has 9 heteroatoms. The summed E-state index contributed by atoms with van der Waals surface area (Å²) in [6, 6.07) is 19.2. The third-order valence-electron chi connectivity index (χ3n) is 6.03. The zero-order chi connectivity index (χ0) is 25.2. The summed E-state index contributed by atoms with van der Waals surface area (Å²) in [7, 11) is -2.00. The van der Waals surface area contributed by atoms with Gasteiger partial charge in [0, 0.05) is 42.6 Å². The molecule has 0 bridgehead atoms. The highest BCUT2D eigenvalue weighted by Crippen LogP contribution is 2.27. The first kappa shape index (κ1) is 24.4. The second-order valence-electron chi connectivity index (χ2n) is 8.56. The van der Waals surface area contributed by atoms with E-state index in [9.17, 15) is 18.0 Å². The summed E-state index contributed by atoms with van der Waals surface area (Å²) in [6.45, 7) is 4.54. The number of nitrogens with one attached hydrogen (secondary N) is 2. The van der Waals surface area contributed by atoms with Crippen LogP contribution >= 0.6 is 0 Å². The maximum atomic E-state index is 13.0. The highest BCUT2D eigenvalue weighted by atomic mass is 32.2. The van der Waals surface area contributed by atoms with E-state index in [1.165, 1.54) is 8.61 Å². The van der Waals surface area contributed by atoms with E-state index in [-0.39, 0.29) is 11.8 Å². The summed E-state index contributed by atoms with van der Waals surface area (Å²) >= 11 is 0. The zero-order valence-electron chi connectivity index (χ0n) is 19.9. The van der Waals surface area contributed by atoms with Gasteiger partial charge in [0.05, 0.1) is 5.69 Å². The Labute approximate surface area is 205 Å². The van der Waals surface area contributed by atoms with E-state index in [0.29, 0.717) is 46.8 Å². The summed E-state index contributed by atoms with van der Waals surface area (Å²) < 4.78 is 28.0. The van der Waals surface area contributed by atoms with E-state index >= 15 is 0 Å². The number of nitrogens with zero attached hydrogens (tertiary/aromatic N) is 2. The van der Waals surface area contributed by atoms with Gasteiger partial charge in [-0.25, -0.2) is 0 Å². The Kier molecular flexibility index (Phi) is 6.90. The monoisotopic (exact) mass is 492 g/mol. The Balaban J connectivity index is 1.51. The molecule has 182 valence electrons. The highest BCUT2D eigenvalue weighted by molar-refractivity contribution is 7.90. The van der Waals surface area contributed by atoms with Crippen LogP contribution in [0.5, 0.6) is 0 Å². The molecular weight excluding hydrogens is 464 g/mol. The van der Waals surface area contributed by atoms with Crippen molar-refractivity contribution in [1.82, 2.24) is 4.31 Å². The molecule has 1 saturated heterocycles. The van der Waals surface area contributed by atoms with Gasteiger partial charge in [0.15, 0.2) is 0 Å². The lowest BCUT2D eigenvalue weighted by atomic mass is 10.1. The van der Waals surface area contributed by atoms with E-state index < -0.39 is 10.2 Å². The predicted molar refractivity (Wildman–Crippen MR) is 138 cm³/mol. The lowest BCUT2D eigenvalue weighted by Crippen LogP contribution is -2.48. The average molecular weight is 493 g/mol. The number of rotatable bonds is 5. The number of hydrogen-bond donors (Lipinski definition) is 2. The molecule has 0 aromatic heterocycles. The number of anilines is 3. The summed E-state index contributed by atoms with van der Waals surface area (Å²) in [6.07, 6.45) is 0.730. The van der Waals surface area contributed by atoms with Crippen LogP contribution in [0.4, 0.5) is 17.1 Å². The molecule has 0 atom stereocenters. The molecule has 1 fully saturated rings. The summed E-state index contributed by atoms with van der Waals surface area (Å²) in [5.41, 5.74) is 4.17. The van der Waals surface area contributed by atoms with Crippen molar-refractivity contribution in [2.75, 3.05) is 35.1 Å². The van der Waals surface area contributed by atoms with Crippen LogP contribution in [0.15, 0.2) is 66.7 Å². The van der Waals surface area contributed by atoms with Crippen LogP contribution < -0.4 is 14.9 Å². The van der Waals surface area contributed by atoms with Crippen LogP contribution in [0.3, 0.4) is 0 Å². The van der Waals surface area contributed by atoms with Gasteiger partial charge >= 0.3 is 10.2 Å². The van der Waals surface area contributed by atoms with E-state index in [1.54, 1.807) is 68.6 Å². The smallest absolute Gasteiger partial charge is 0.303 e. The fourth-order valence-electron chi connectivity index (χ4n) is 3.97. The number of carbonyl (C=O) groups excluding carboxylic acids is 2. The Morgan fingerprint density at radius 3 is 2.29 bits per heavy atom. The maximum absolute atomic E-state index is 13.0. The van der Waals surface area contributed by atoms with Crippen LogP contribution in [0.2, 0.25) is 0 Å². The molecule has 35 heavy (non-hydrogen) atoms. The minimum absolute atomic E-state index is 0.234. The van der Waals surface area contributed by atoms with Crippen molar-refractivity contribution in [2.24, 2.45) is 0 Å². The van der Waals surface area contributed by atoms with Gasteiger partial charge in [-0.1, -0.05) is 24.3 Å². The molecule has 0 spiro atoms. The van der Waals surface area contributed by atoms with E-state index in [0.717, 1.165) is 12.0 Å². The third-order valence-corrected chi connectivity index (χ3v) is 7.95. The van der Waals surface area contributed by atoms with Gasteiger partial charge in [-0.15, -0.1) is 0 Å². The van der Waals surface area contributed by atoms with Crippen molar-refractivity contribution < 1.29 is 18.0 Å². The van der Waals surface area contributed by atoms with Crippen LogP contribution in [-0.2, 0) is 10.2 Å². The van der Waals surface area contributed by atoms with Gasteiger partial charge in [0.1, 0.15) is 0 Å². The summed E-state index contributed by atoms with van der Waals surface area (Å²) in [5, 5.41) is 5.76. The van der Waals surface area contributed by atoms with Crippen LogP contribution in [-0.4, -0.2) is 44.7 Å². The fourth-order valence-corrected chi connectivity index (χ4v) is 5.41. The molecule has 2 amide bonds. The second-order valence-corrected chi connectivity index (χ2v) is 10.5. The predicted octanol–water partition coefficient (Wildman–Crippen LogP) is 4.19. The van der Waals surface area contributed by atoms with Gasteiger partial charge in [0.25, 0.3) is 11.8 Å². The largest absolute Gasteiger partial charge is 0.322 e. The maximum Gasteiger partial charge on any atom is 0.303 e. The van der Waals surface area contributed by atoms with Crippen LogP contribution in [0.1, 0.15) is 38.3 Å². The highest BCUT2D eigenvalue weighted by Gasteiger charge is 2.31. The van der Waals surface area contributed by atoms with Crippen molar-refractivity contribution in [2.45, 2.75) is 20.3 Å². The minimum atomic E-state index is -3.56. The normalized spacial score (nSPS) is 15.5. The first-order chi connectivity index (χ1) is 16.7. The lowest BCUT2D eigenvalue weighted by molar-refractivity contribution is 0.101. The standard InChI is InChI=1S/C26H28N4O4S/c1-18-10-11-21(17-24(18)28-25(31)20-8-5-4-6-9-20)27-26(32)23-13-12-22(16-19(23)2)30-15-7-14-29(3)35(30,33)34/h4-6,8-13,16-17H,7,14-15H2,1-3H3,(H,27,32)(H,28,31). The Bertz CT molecular complexity index is 1370. The van der Waals surface area contributed by atoms with E-state index in [1.807, 2.05) is 19.1 Å². The third kappa shape index (κ3) is 5.21. The molecule has 1 heterocycles. The quantitative estimate of drug-likeness (QED) is 0.558. The fraction of sp³-hybridized carbons (Fsp3) is 0.231. The van der Waals surface area contributed by atoms with Crippen LogP contribution in [0.25, 0.3) is 0 Å². The van der Waals surface area contributed by atoms with E-state index in [4.69, 9.17) is 0 Å². The number of hydrogen-bond acceptors (Lipinski definition) is 4. The second kappa shape index (κ2) is 9.89. The molecule has 2 N–H and O–H groups in total. The van der Waals surface area contributed by atoms with Crippen molar-refractivity contribution in [3.05, 3.63) is 89.0 Å². The molecule has 0 aliphatic carbocycles. The Hall–Kier alpha value is -3.69. The number of amides is 2. The van der Waals surface area contributed by atoms with Gasteiger partial charge in [0.2, 0.25) is 0 Å². The van der Waals surface area contributed by atoms with Crippen molar-refractivity contribution in [3.8, 4) is 0 Å². The van der Waals surface area contributed by atoms with Crippen molar-refractivity contribution in [3.63, 3.8) is 0 Å². The molecule has 1 aliphatic rings. The Morgan fingerprint density at radius 1 is 0.829 bits per heavy atom. The lowest BCUT2D eigenvalue weighted by Gasteiger charge is -2.34. The van der Waals surface area contributed by atoms with Crippen molar-refractivity contribution in [1.29, 1.82) is 0 Å². The van der Waals surface area contributed by atoms with Gasteiger partial charge in [-0.05, 0) is 73.9 Å². The average Bonchev–Trinajstić information content (AvgIpc) is 2.83. The molecule has 4 rings (SSSR count). The van der Waals surface area contributed by atoms with Gasteiger partial charge < -0.3 is 10.6 Å². The molecular formula is C26H28N4O4S. The summed E-state index contributed by atoms with van der Waals surface area (Å²) in [5.74, 6) is -0.557. The first-order valence-electron chi connectivity index (χ1n) is 11.3. The van der Waals surface area contributed by atoms with E-state index in [2.05, 4.69) is 10.6 Å². The molecule has 0 radical (unpaired) electrons. The molecule has 8 nitrogen and oxygen atoms in total. The molecule has 0 unspecified atom stereocenters. The molecule has 1 aliphatic heterocycles. The molecule has 3 aromatic rings. The van der Waals surface area contributed by atoms with Crippen LogP contribution in [0, 0.1) is 13.8 Å². The topological polar surface area (TPSA) is 98.8 Å². The van der Waals surface area contributed by atoms with Gasteiger partial charge in [-0.3, -0.25) is 13.9 Å². The van der Waals surface area contributed by atoms with Gasteiger partial charge in [-0.2, -0.15) is 12.7 Å².